The predicted octanol–water partition coefficient (Wildman–Crippen LogP) is 3.94. The number of thiazole rings is 1. The first-order valence-electron chi connectivity index (χ1n) is 10.8. The largest absolute Gasteiger partial charge is 0.352 e. The van der Waals surface area contributed by atoms with Gasteiger partial charge in [0, 0.05) is 42.0 Å². The van der Waals surface area contributed by atoms with E-state index in [2.05, 4.69) is 24.1 Å². The van der Waals surface area contributed by atoms with Gasteiger partial charge < -0.3 is 10.2 Å². The van der Waals surface area contributed by atoms with Crippen LogP contribution in [0.3, 0.4) is 0 Å². The van der Waals surface area contributed by atoms with Gasteiger partial charge in [0.2, 0.25) is 5.91 Å². The molecule has 0 radical (unpaired) electrons. The van der Waals surface area contributed by atoms with Crippen LogP contribution in [-0.2, 0) is 11.2 Å². The van der Waals surface area contributed by atoms with Crippen LogP contribution in [0.4, 0.5) is 0 Å². The van der Waals surface area contributed by atoms with E-state index in [9.17, 15) is 9.59 Å². The molecule has 1 N–H and O–H groups in total. The fourth-order valence-corrected chi connectivity index (χ4v) is 4.58. The predicted molar refractivity (Wildman–Crippen MR) is 123 cm³/mol. The van der Waals surface area contributed by atoms with Gasteiger partial charge in [0.05, 0.1) is 28.2 Å². The maximum Gasteiger partial charge on any atom is 0.252 e. The van der Waals surface area contributed by atoms with Crippen LogP contribution >= 0.6 is 11.3 Å². The van der Waals surface area contributed by atoms with Crippen molar-refractivity contribution in [3.05, 3.63) is 57.7 Å². The van der Waals surface area contributed by atoms with Crippen LogP contribution in [0.2, 0.25) is 0 Å². The van der Waals surface area contributed by atoms with Gasteiger partial charge in [0.15, 0.2) is 0 Å². The second-order valence-corrected chi connectivity index (χ2v) is 9.64. The van der Waals surface area contributed by atoms with Crippen molar-refractivity contribution in [3.63, 3.8) is 0 Å². The minimum Gasteiger partial charge on any atom is -0.352 e. The molecule has 3 heterocycles. The number of carbonyl (C=O) groups is 2. The molecule has 1 aromatic carbocycles. The molecular formula is C24H28N4O2S. The Bertz CT molecular complexity index is 1110. The number of aromatic nitrogens is 2. The maximum atomic E-state index is 12.9. The average Bonchev–Trinajstić information content (AvgIpc) is 3.40. The van der Waals surface area contributed by atoms with Crippen molar-refractivity contribution in [3.8, 4) is 0 Å². The zero-order valence-corrected chi connectivity index (χ0v) is 19.0. The molecule has 2 amide bonds. The highest BCUT2D eigenvalue weighted by Gasteiger charge is 2.29. The number of rotatable bonds is 6. The number of amides is 2. The number of hydrogen-bond donors (Lipinski definition) is 1. The summed E-state index contributed by atoms with van der Waals surface area (Å²) in [7, 11) is 0. The summed E-state index contributed by atoms with van der Waals surface area (Å²) in [4.78, 5) is 36.8. The van der Waals surface area contributed by atoms with Gasteiger partial charge in [-0.15, -0.1) is 11.3 Å². The monoisotopic (exact) mass is 436 g/mol. The molecule has 4 rings (SSSR count). The van der Waals surface area contributed by atoms with E-state index in [4.69, 9.17) is 4.98 Å². The van der Waals surface area contributed by atoms with Crippen LogP contribution in [0.15, 0.2) is 35.7 Å². The Morgan fingerprint density at radius 1 is 1.26 bits per heavy atom. The van der Waals surface area contributed by atoms with Gasteiger partial charge in [-0.05, 0) is 31.4 Å². The van der Waals surface area contributed by atoms with Crippen molar-refractivity contribution in [2.24, 2.45) is 5.92 Å². The lowest BCUT2D eigenvalue weighted by atomic mass is 9.99. The van der Waals surface area contributed by atoms with Crippen molar-refractivity contribution in [2.45, 2.75) is 39.5 Å². The third-order valence-electron chi connectivity index (χ3n) is 5.61. The number of pyridine rings is 1. The summed E-state index contributed by atoms with van der Waals surface area (Å²) in [6.07, 6.45) is 1.19. The van der Waals surface area contributed by atoms with E-state index in [1.165, 1.54) is 0 Å². The van der Waals surface area contributed by atoms with Crippen LogP contribution in [0.1, 0.15) is 52.9 Å². The van der Waals surface area contributed by atoms with E-state index in [0.717, 1.165) is 33.7 Å². The van der Waals surface area contributed by atoms with Crippen molar-refractivity contribution in [1.29, 1.82) is 0 Å². The lowest BCUT2D eigenvalue weighted by Crippen LogP contribution is -2.30. The topological polar surface area (TPSA) is 75.2 Å². The van der Waals surface area contributed by atoms with Crippen molar-refractivity contribution >= 4 is 34.1 Å². The minimum absolute atomic E-state index is 0.0709. The van der Waals surface area contributed by atoms with Crippen LogP contribution in [0.5, 0.6) is 0 Å². The molecule has 7 heteroatoms. The lowest BCUT2D eigenvalue weighted by molar-refractivity contribution is -0.129. The van der Waals surface area contributed by atoms with Crippen LogP contribution in [0, 0.1) is 12.8 Å². The Morgan fingerprint density at radius 2 is 2.06 bits per heavy atom. The molecule has 1 fully saturated rings. The van der Waals surface area contributed by atoms with Gasteiger partial charge in [0.1, 0.15) is 0 Å². The van der Waals surface area contributed by atoms with Crippen molar-refractivity contribution in [2.75, 3.05) is 19.6 Å². The second kappa shape index (κ2) is 9.14. The SMILES string of the molecule is Cc1nc(CC(=O)N2CCC(c3cc(C(=O)NCC(C)C)c4ccccc4n3)C2)cs1. The molecule has 1 aliphatic rings. The fourth-order valence-electron chi connectivity index (χ4n) is 3.97. The number of likely N-dealkylation sites (tertiary alicyclic amines) is 1. The smallest absolute Gasteiger partial charge is 0.252 e. The molecule has 0 bridgehead atoms. The Labute approximate surface area is 186 Å². The number of fused-ring (bicyclic) bond motifs is 1. The molecule has 1 saturated heterocycles. The van der Waals surface area contributed by atoms with E-state index < -0.39 is 0 Å². The zero-order valence-electron chi connectivity index (χ0n) is 18.2. The summed E-state index contributed by atoms with van der Waals surface area (Å²) in [6, 6.07) is 9.67. The number of carbonyl (C=O) groups excluding carboxylic acids is 2. The van der Waals surface area contributed by atoms with Crippen LogP contribution < -0.4 is 5.32 Å². The summed E-state index contributed by atoms with van der Waals surface area (Å²) in [6.45, 7) is 8.06. The van der Waals surface area contributed by atoms with Gasteiger partial charge in [-0.2, -0.15) is 0 Å². The number of nitrogens with zero attached hydrogens (tertiary/aromatic N) is 3. The highest BCUT2D eigenvalue weighted by atomic mass is 32.1. The van der Waals surface area contributed by atoms with Crippen molar-refractivity contribution < 1.29 is 9.59 Å². The Hall–Kier alpha value is -2.80. The van der Waals surface area contributed by atoms with E-state index in [1.54, 1.807) is 11.3 Å². The Morgan fingerprint density at radius 3 is 2.81 bits per heavy atom. The third kappa shape index (κ3) is 4.93. The first-order valence-corrected chi connectivity index (χ1v) is 11.7. The zero-order chi connectivity index (χ0) is 22.0. The first-order chi connectivity index (χ1) is 14.9. The molecule has 6 nitrogen and oxygen atoms in total. The molecule has 0 spiro atoms. The summed E-state index contributed by atoms with van der Waals surface area (Å²) < 4.78 is 0. The molecule has 3 aromatic rings. The van der Waals surface area contributed by atoms with Gasteiger partial charge in [-0.1, -0.05) is 32.0 Å². The Kier molecular flexibility index (Phi) is 6.32. The summed E-state index contributed by atoms with van der Waals surface area (Å²) >= 11 is 1.57. The molecule has 31 heavy (non-hydrogen) atoms. The number of nitrogens with one attached hydrogen (secondary N) is 1. The summed E-state index contributed by atoms with van der Waals surface area (Å²) in [5.41, 5.74) is 3.19. The van der Waals surface area contributed by atoms with Crippen LogP contribution in [-0.4, -0.2) is 46.3 Å². The van der Waals surface area contributed by atoms with Gasteiger partial charge in [0.25, 0.3) is 5.91 Å². The van der Waals surface area contributed by atoms with Gasteiger partial charge in [-0.3, -0.25) is 14.6 Å². The van der Waals surface area contributed by atoms with Crippen LogP contribution in [0.25, 0.3) is 10.9 Å². The Balaban J connectivity index is 1.54. The quantitative estimate of drug-likeness (QED) is 0.635. The average molecular weight is 437 g/mol. The standard InChI is InChI=1S/C24H28N4O2S/c1-15(2)12-25-24(30)20-11-22(27-21-7-5-4-6-19(20)21)17-8-9-28(13-17)23(29)10-18-14-31-16(3)26-18/h4-7,11,14-15,17H,8-10,12-13H2,1-3H3,(H,25,30). The van der Waals surface area contributed by atoms with E-state index >= 15 is 0 Å². The highest BCUT2D eigenvalue weighted by Crippen LogP contribution is 2.30. The molecule has 162 valence electrons. The maximum absolute atomic E-state index is 12.9. The molecule has 2 aromatic heterocycles. The third-order valence-corrected chi connectivity index (χ3v) is 6.43. The van der Waals surface area contributed by atoms with E-state index in [-0.39, 0.29) is 17.7 Å². The molecule has 0 saturated carbocycles. The molecule has 1 aliphatic heterocycles. The second-order valence-electron chi connectivity index (χ2n) is 8.58. The number of aryl methyl sites for hydroxylation is 1. The van der Waals surface area contributed by atoms with Gasteiger partial charge in [-0.25, -0.2) is 4.98 Å². The first kappa shape index (κ1) is 21.4. The van der Waals surface area contributed by atoms with E-state index in [1.807, 2.05) is 47.5 Å². The summed E-state index contributed by atoms with van der Waals surface area (Å²) in [5.74, 6) is 0.539. The lowest BCUT2D eigenvalue weighted by Gasteiger charge is -2.17. The molecular weight excluding hydrogens is 408 g/mol. The normalized spacial score (nSPS) is 16.3. The number of para-hydroxylation sites is 1. The molecule has 1 atom stereocenters. The number of benzene rings is 1. The molecule has 0 aliphatic carbocycles. The highest BCUT2D eigenvalue weighted by molar-refractivity contribution is 7.09. The number of hydrogen-bond acceptors (Lipinski definition) is 5. The van der Waals surface area contributed by atoms with Crippen molar-refractivity contribution in [1.82, 2.24) is 20.2 Å². The fraction of sp³-hybridized carbons (Fsp3) is 0.417. The van der Waals surface area contributed by atoms with Gasteiger partial charge >= 0.3 is 0 Å². The van der Waals surface area contributed by atoms with E-state index in [0.29, 0.717) is 37.5 Å². The minimum atomic E-state index is -0.0709. The molecule has 1 unspecified atom stereocenters. The summed E-state index contributed by atoms with van der Waals surface area (Å²) in [5, 5.41) is 6.82.